The molecule has 1 aromatic heterocycles. The van der Waals surface area contributed by atoms with E-state index >= 15 is 0 Å². The van der Waals surface area contributed by atoms with Crippen molar-refractivity contribution in [3.8, 4) is 0 Å². The smallest absolute Gasteiger partial charge is 0.239 e. The number of carbonyl (C=O) groups is 3. The van der Waals surface area contributed by atoms with Crippen LogP contribution in [0.4, 0.5) is 0 Å². The SMILES string of the molecule is O=C(C[C@H]1S[C@H](c2ccoc2)N(CC(=O)NCCCN2CCOCC2)C1=O)NCc1cccc2ccccc12. The molecule has 0 bridgehead atoms. The summed E-state index contributed by atoms with van der Waals surface area (Å²) in [4.78, 5) is 42.9. The molecule has 2 fully saturated rings. The van der Waals surface area contributed by atoms with Gasteiger partial charge in [-0.2, -0.15) is 0 Å². The molecule has 3 amide bonds. The summed E-state index contributed by atoms with van der Waals surface area (Å²) in [6.45, 7) is 5.09. The summed E-state index contributed by atoms with van der Waals surface area (Å²) < 4.78 is 10.6. The van der Waals surface area contributed by atoms with Gasteiger partial charge in [-0.05, 0) is 35.4 Å². The van der Waals surface area contributed by atoms with E-state index in [-0.39, 0.29) is 36.1 Å². The van der Waals surface area contributed by atoms with Gasteiger partial charge in [-0.1, -0.05) is 42.5 Å². The minimum Gasteiger partial charge on any atom is -0.472 e. The highest BCUT2D eigenvalue weighted by Crippen LogP contribution is 2.44. The van der Waals surface area contributed by atoms with Crippen molar-refractivity contribution in [3.05, 3.63) is 72.2 Å². The van der Waals surface area contributed by atoms with E-state index in [0.29, 0.717) is 13.1 Å². The number of ether oxygens (including phenoxy) is 1. The largest absolute Gasteiger partial charge is 0.472 e. The summed E-state index contributed by atoms with van der Waals surface area (Å²) in [6.07, 6.45) is 4.01. The Bertz CT molecular complexity index is 1270. The van der Waals surface area contributed by atoms with Gasteiger partial charge in [0.2, 0.25) is 17.7 Å². The van der Waals surface area contributed by atoms with E-state index in [9.17, 15) is 14.4 Å². The van der Waals surface area contributed by atoms with Crippen LogP contribution in [0.3, 0.4) is 0 Å². The van der Waals surface area contributed by atoms with Crippen molar-refractivity contribution >= 4 is 40.3 Å². The lowest BCUT2D eigenvalue weighted by atomic mass is 10.0. The minimum absolute atomic E-state index is 0.0419. The molecular formula is C29H34N4O5S. The third-order valence-corrected chi connectivity index (χ3v) is 8.56. The first kappa shape index (κ1) is 27.2. The molecule has 2 aromatic carbocycles. The first-order valence-electron chi connectivity index (χ1n) is 13.4. The number of thioether (sulfide) groups is 1. The van der Waals surface area contributed by atoms with E-state index in [1.807, 2.05) is 42.5 Å². The molecule has 9 nitrogen and oxygen atoms in total. The summed E-state index contributed by atoms with van der Waals surface area (Å²) in [6, 6.07) is 15.8. The lowest BCUT2D eigenvalue weighted by Gasteiger charge is -2.26. The molecule has 0 radical (unpaired) electrons. The van der Waals surface area contributed by atoms with Crippen LogP contribution in [0.2, 0.25) is 0 Å². The Morgan fingerprint density at radius 3 is 2.64 bits per heavy atom. The number of hydrogen-bond donors (Lipinski definition) is 2. The quantitative estimate of drug-likeness (QED) is 0.354. The molecule has 0 unspecified atom stereocenters. The minimum atomic E-state index is -0.577. The topological polar surface area (TPSA) is 104 Å². The first-order valence-corrected chi connectivity index (χ1v) is 14.3. The second-order valence-corrected chi connectivity index (χ2v) is 11.1. The van der Waals surface area contributed by atoms with Crippen LogP contribution in [-0.2, 0) is 25.7 Å². The van der Waals surface area contributed by atoms with Crippen LogP contribution < -0.4 is 10.6 Å². The van der Waals surface area contributed by atoms with Crippen LogP contribution >= 0.6 is 11.8 Å². The second kappa shape index (κ2) is 13.1. The van der Waals surface area contributed by atoms with Crippen molar-refractivity contribution in [2.45, 2.75) is 30.0 Å². The lowest BCUT2D eigenvalue weighted by Crippen LogP contribution is -2.42. The zero-order valence-corrected chi connectivity index (χ0v) is 22.7. The molecule has 3 aromatic rings. The molecule has 0 spiro atoms. The molecule has 2 aliphatic rings. The maximum absolute atomic E-state index is 13.4. The van der Waals surface area contributed by atoms with Crippen molar-refractivity contribution < 1.29 is 23.5 Å². The Balaban J connectivity index is 1.14. The van der Waals surface area contributed by atoms with E-state index in [1.54, 1.807) is 23.5 Å². The normalized spacial score (nSPS) is 19.9. The highest BCUT2D eigenvalue weighted by molar-refractivity contribution is 8.01. The van der Waals surface area contributed by atoms with Gasteiger partial charge in [0.05, 0.1) is 31.0 Å². The third kappa shape index (κ3) is 7.00. The molecule has 5 rings (SSSR count). The summed E-state index contributed by atoms with van der Waals surface area (Å²) >= 11 is 1.38. The number of morpholine rings is 1. The molecule has 206 valence electrons. The predicted molar refractivity (Wildman–Crippen MR) is 150 cm³/mol. The second-order valence-electron chi connectivity index (χ2n) is 9.78. The molecular weight excluding hydrogens is 516 g/mol. The van der Waals surface area contributed by atoms with Gasteiger partial charge >= 0.3 is 0 Å². The number of amides is 3. The average molecular weight is 551 g/mol. The molecule has 0 saturated carbocycles. The monoisotopic (exact) mass is 550 g/mol. The van der Waals surface area contributed by atoms with Crippen molar-refractivity contribution in [1.29, 1.82) is 0 Å². The fourth-order valence-electron chi connectivity index (χ4n) is 5.00. The molecule has 3 heterocycles. The molecule has 10 heteroatoms. The zero-order chi connectivity index (χ0) is 27.0. The maximum Gasteiger partial charge on any atom is 0.239 e. The first-order chi connectivity index (χ1) is 19.1. The standard InChI is InChI=1S/C29H34N4O5S/c34-26(31-18-22-7-3-6-21-5-1-2-8-24(21)22)17-25-28(36)33(29(39-25)23-9-14-38-20-23)19-27(35)30-10-4-11-32-12-15-37-16-13-32/h1-3,5-9,14,20,25,29H,4,10-13,15-19H2,(H,30,35)(H,31,34)/t25-,29-/m1/s1. The van der Waals surface area contributed by atoms with Gasteiger partial charge in [0.1, 0.15) is 11.9 Å². The Hall–Kier alpha value is -3.34. The molecule has 39 heavy (non-hydrogen) atoms. The van der Waals surface area contributed by atoms with Crippen molar-refractivity contribution in [2.75, 3.05) is 45.9 Å². The summed E-state index contributed by atoms with van der Waals surface area (Å²) in [5, 5.41) is 7.16. The van der Waals surface area contributed by atoms with E-state index in [4.69, 9.17) is 9.15 Å². The fraction of sp³-hybridized carbons (Fsp3) is 0.414. The molecule has 0 aliphatic carbocycles. The zero-order valence-electron chi connectivity index (χ0n) is 21.8. The van der Waals surface area contributed by atoms with Gasteiger partial charge in [-0.15, -0.1) is 11.8 Å². The van der Waals surface area contributed by atoms with Gasteiger partial charge in [0, 0.05) is 38.2 Å². The Kier molecular flexibility index (Phi) is 9.18. The van der Waals surface area contributed by atoms with Crippen LogP contribution in [-0.4, -0.2) is 78.7 Å². The van der Waals surface area contributed by atoms with Gasteiger partial charge in [0.15, 0.2) is 0 Å². The average Bonchev–Trinajstić information content (AvgIpc) is 3.59. The van der Waals surface area contributed by atoms with Gasteiger partial charge in [0.25, 0.3) is 0 Å². The van der Waals surface area contributed by atoms with Crippen molar-refractivity contribution in [3.63, 3.8) is 0 Å². The van der Waals surface area contributed by atoms with Gasteiger partial charge < -0.3 is 24.7 Å². The summed E-state index contributed by atoms with van der Waals surface area (Å²) in [5.74, 6) is -0.621. The number of fused-ring (bicyclic) bond motifs is 1. The van der Waals surface area contributed by atoms with Crippen LogP contribution in [0.25, 0.3) is 10.8 Å². The number of rotatable bonds is 11. The number of benzene rings is 2. The van der Waals surface area contributed by atoms with E-state index < -0.39 is 5.25 Å². The number of furan rings is 1. The maximum atomic E-state index is 13.4. The summed E-state index contributed by atoms with van der Waals surface area (Å²) in [7, 11) is 0. The van der Waals surface area contributed by atoms with Crippen LogP contribution in [0.1, 0.15) is 29.3 Å². The van der Waals surface area contributed by atoms with Gasteiger partial charge in [-0.25, -0.2) is 0 Å². The summed E-state index contributed by atoms with van der Waals surface area (Å²) in [5.41, 5.74) is 1.82. The predicted octanol–water partition coefficient (Wildman–Crippen LogP) is 2.92. The number of nitrogens with one attached hydrogen (secondary N) is 2. The third-order valence-electron chi connectivity index (χ3n) is 7.08. The molecule has 2 N–H and O–H groups in total. The molecule has 2 saturated heterocycles. The Labute approximate surface area is 232 Å². The lowest BCUT2D eigenvalue weighted by molar-refractivity contribution is -0.136. The van der Waals surface area contributed by atoms with Crippen LogP contribution in [0.5, 0.6) is 0 Å². The molecule has 2 aliphatic heterocycles. The Morgan fingerprint density at radius 2 is 1.82 bits per heavy atom. The number of carbonyl (C=O) groups excluding carboxylic acids is 3. The number of hydrogen-bond acceptors (Lipinski definition) is 7. The highest BCUT2D eigenvalue weighted by Gasteiger charge is 2.43. The van der Waals surface area contributed by atoms with Crippen molar-refractivity contribution in [2.24, 2.45) is 0 Å². The highest BCUT2D eigenvalue weighted by atomic mass is 32.2. The fourth-order valence-corrected chi connectivity index (χ4v) is 6.43. The van der Waals surface area contributed by atoms with E-state index in [2.05, 4.69) is 15.5 Å². The molecule has 2 atom stereocenters. The van der Waals surface area contributed by atoms with Gasteiger partial charge in [-0.3, -0.25) is 19.3 Å². The van der Waals surface area contributed by atoms with Crippen LogP contribution in [0, 0.1) is 0 Å². The van der Waals surface area contributed by atoms with Crippen LogP contribution in [0.15, 0.2) is 65.5 Å². The van der Waals surface area contributed by atoms with E-state index in [1.165, 1.54) is 11.8 Å². The Morgan fingerprint density at radius 1 is 1.00 bits per heavy atom. The van der Waals surface area contributed by atoms with E-state index in [0.717, 1.165) is 61.2 Å². The van der Waals surface area contributed by atoms with Crippen molar-refractivity contribution in [1.82, 2.24) is 20.4 Å². The number of nitrogens with zero attached hydrogens (tertiary/aromatic N) is 2.